The van der Waals surface area contributed by atoms with Crippen LogP contribution in [0.1, 0.15) is 16.7 Å². The highest BCUT2D eigenvalue weighted by atomic mass is 32.2. The van der Waals surface area contributed by atoms with Crippen molar-refractivity contribution in [3.63, 3.8) is 0 Å². The van der Waals surface area contributed by atoms with E-state index in [9.17, 15) is 4.79 Å². The first kappa shape index (κ1) is 19.0. The summed E-state index contributed by atoms with van der Waals surface area (Å²) in [6, 6.07) is 12.2. The summed E-state index contributed by atoms with van der Waals surface area (Å²) in [5.41, 5.74) is 5.61. The van der Waals surface area contributed by atoms with E-state index < -0.39 is 0 Å². The molecule has 0 aliphatic rings. The first-order valence-electron chi connectivity index (χ1n) is 8.69. The Bertz CT molecular complexity index is 1110. The topological polar surface area (TPSA) is 67.8 Å². The quantitative estimate of drug-likeness (QED) is 0.429. The van der Waals surface area contributed by atoms with Crippen LogP contribution in [0.4, 0.5) is 5.13 Å². The predicted octanol–water partition coefficient (Wildman–Crippen LogP) is 5.47. The second-order valence-electron chi connectivity index (χ2n) is 6.47. The fraction of sp³-hybridized carbons (Fsp3) is 0.200. The van der Waals surface area contributed by atoms with Crippen molar-refractivity contribution in [1.82, 2.24) is 15.2 Å². The number of fused-ring (bicyclic) bond motifs is 1. The van der Waals surface area contributed by atoms with Crippen molar-refractivity contribution in [3.8, 4) is 10.6 Å². The Kier molecular flexibility index (Phi) is 5.43. The number of aromatic nitrogens is 3. The zero-order valence-electron chi connectivity index (χ0n) is 15.6. The largest absolute Gasteiger partial charge is 0.300 e. The third-order valence-corrected chi connectivity index (χ3v) is 7.20. The molecule has 0 saturated heterocycles. The van der Waals surface area contributed by atoms with Crippen LogP contribution in [0.15, 0.2) is 40.7 Å². The van der Waals surface area contributed by atoms with Crippen molar-refractivity contribution in [2.24, 2.45) is 0 Å². The highest BCUT2D eigenvalue weighted by Crippen LogP contribution is 2.33. The van der Waals surface area contributed by atoms with Gasteiger partial charge in [-0.3, -0.25) is 10.1 Å². The molecule has 1 amide bonds. The number of nitrogens with zero attached hydrogens (tertiary/aromatic N) is 3. The van der Waals surface area contributed by atoms with Crippen LogP contribution < -0.4 is 5.32 Å². The molecule has 4 rings (SSSR count). The van der Waals surface area contributed by atoms with E-state index in [4.69, 9.17) is 0 Å². The zero-order chi connectivity index (χ0) is 19.7. The number of hydrogen-bond acceptors (Lipinski definition) is 7. The fourth-order valence-corrected chi connectivity index (χ4v) is 5.89. The number of rotatable bonds is 5. The van der Waals surface area contributed by atoms with Gasteiger partial charge in [0.25, 0.3) is 0 Å². The van der Waals surface area contributed by atoms with Crippen LogP contribution in [-0.4, -0.2) is 26.8 Å². The minimum Gasteiger partial charge on any atom is -0.300 e. The first-order chi connectivity index (χ1) is 13.5. The van der Waals surface area contributed by atoms with Gasteiger partial charge in [-0.2, -0.15) is 0 Å². The van der Waals surface area contributed by atoms with Gasteiger partial charge in [-0.1, -0.05) is 52.9 Å². The molecule has 1 N–H and O–H groups in total. The fourth-order valence-electron chi connectivity index (χ4n) is 3.09. The van der Waals surface area contributed by atoms with Crippen molar-refractivity contribution in [2.75, 3.05) is 11.1 Å². The molecule has 0 saturated carbocycles. The highest BCUT2D eigenvalue weighted by molar-refractivity contribution is 8.01. The van der Waals surface area contributed by atoms with Gasteiger partial charge in [0.15, 0.2) is 4.34 Å². The standard InChI is InChI=1S/C20H18N4OS3/c1-11-8-12(2)17(13(3)9-11)18-23-24-19(28-18)22-16(25)10-26-20-21-14-6-4-5-7-15(14)27-20/h4-9H,10H2,1-3H3,(H,22,24,25). The van der Waals surface area contributed by atoms with Gasteiger partial charge in [-0.25, -0.2) is 4.98 Å². The van der Waals surface area contributed by atoms with E-state index in [1.807, 2.05) is 24.3 Å². The van der Waals surface area contributed by atoms with E-state index in [0.717, 1.165) is 36.3 Å². The van der Waals surface area contributed by atoms with Gasteiger partial charge in [0.1, 0.15) is 5.01 Å². The molecule has 0 atom stereocenters. The maximum atomic E-state index is 12.3. The highest BCUT2D eigenvalue weighted by Gasteiger charge is 2.14. The van der Waals surface area contributed by atoms with E-state index in [-0.39, 0.29) is 11.7 Å². The number of thioether (sulfide) groups is 1. The van der Waals surface area contributed by atoms with E-state index in [2.05, 4.69) is 53.4 Å². The van der Waals surface area contributed by atoms with Crippen LogP contribution in [0.5, 0.6) is 0 Å². The van der Waals surface area contributed by atoms with Crippen LogP contribution in [0.25, 0.3) is 20.8 Å². The maximum absolute atomic E-state index is 12.3. The smallest absolute Gasteiger partial charge is 0.236 e. The molecule has 2 heterocycles. The summed E-state index contributed by atoms with van der Waals surface area (Å²) in [5.74, 6) is 0.182. The van der Waals surface area contributed by atoms with Gasteiger partial charge in [-0.15, -0.1) is 21.5 Å². The number of aryl methyl sites for hydroxylation is 3. The third-order valence-electron chi connectivity index (χ3n) is 4.16. The molecule has 0 aliphatic heterocycles. The molecule has 28 heavy (non-hydrogen) atoms. The minimum atomic E-state index is -0.107. The zero-order valence-corrected chi connectivity index (χ0v) is 18.1. The Morgan fingerprint density at radius 3 is 2.57 bits per heavy atom. The summed E-state index contributed by atoms with van der Waals surface area (Å²) in [4.78, 5) is 16.8. The monoisotopic (exact) mass is 426 g/mol. The molecular weight excluding hydrogens is 408 g/mol. The van der Waals surface area contributed by atoms with Crippen molar-refractivity contribution < 1.29 is 4.79 Å². The minimum absolute atomic E-state index is 0.107. The Hall–Kier alpha value is -2.29. The predicted molar refractivity (Wildman–Crippen MR) is 119 cm³/mol. The lowest BCUT2D eigenvalue weighted by Crippen LogP contribution is -2.13. The molecule has 142 valence electrons. The van der Waals surface area contributed by atoms with E-state index >= 15 is 0 Å². The lowest BCUT2D eigenvalue weighted by Gasteiger charge is -2.07. The third kappa shape index (κ3) is 4.09. The Morgan fingerprint density at radius 1 is 1.07 bits per heavy atom. The number of thiazole rings is 1. The molecule has 0 fully saturated rings. The molecule has 0 bridgehead atoms. The molecular formula is C20H18N4OS3. The van der Waals surface area contributed by atoms with Crippen LogP contribution in [0.3, 0.4) is 0 Å². The lowest BCUT2D eigenvalue weighted by molar-refractivity contribution is -0.113. The second kappa shape index (κ2) is 7.98. The number of benzene rings is 2. The molecule has 4 aromatic rings. The van der Waals surface area contributed by atoms with Crippen LogP contribution in [0, 0.1) is 20.8 Å². The molecule has 2 aromatic heterocycles. The van der Waals surface area contributed by atoms with E-state index in [1.165, 1.54) is 28.7 Å². The maximum Gasteiger partial charge on any atom is 0.236 e. The number of hydrogen-bond donors (Lipinski definition) is 1. The molecule has 0 aliphatic carbocycles. The summed E-state index contributed by atoms with van der Waals surface area (Å²) in [6.45, 7) is 6.23. The van der Waals surface area contributed by atoms with Gasteiger partial charge in [0, 0.05) is 5.56 Å². The van der Waals surface area contributed by atoms with Crippen molar-refractivity contribution >= 4 is 55.7 Å². The summed E-state index contributed by atoms with van der Waals surface area (Å²) in [7, 11) is 0. The van der Waals surface area contributed by atoms with Gasteiger partial charge in [0.2, 0.25) is 11.0 Å². The van der Waals surface area contributed by atoms with Crippen LogP contribution >= 0.6 is 34.4 Å². The molecule has 5 nitrogen and oxygen atoms in total. The Labute approximate surface area is 175 Å². The van der Waals surface area contributed by atoms with Gasteiger partial charge >= 0.3 is 0 Å². The van der Waals surface area contributed by atoms with Crippen molar-refractivity contribution in [2.45, 2.75) is 25.1 Å². The average Bonchev–Trinajstić information content (AvgIpc) is 3.25. The SMILES string of the molecule is Cc1cc(C)c(-c2nnc(NC(=O)CSc3nc4ccccc4s3)s2)c(C)c1. The van der Waals surface area contributed by atoms with E-state index in [1.54, 1.807) is 11.3 Å². The second-order valence-corrected chi connectivity index (χ2v) is 9.70. The molecule has 2 aromatic carbocycles. The van der Waals surface area contributed by atoms with Crippen molar-refractivity contribution in [3.05, 3.63) is 53.1 Å². The molecule has 0 spiro atoms. The lowest BCUT2D eigenvalue weighted by atomic mass is 10.0. The number of anilines is 1. The number of carbonyl (C=O) groups excluding carboxylic acids is 1. The van der Waals surface area contributed by atoms with Gasteiger partial charge < -0.3 is 0 Å². The average molecular weight is 427 g/mol. The molecule has 8 heteroatoms. The summed E-state index contributed by atoms with van der Waals surface area (Å²) in [6.07, 6.45) is 0. The van der Waals surface area contributed by atoms with Crippen LogP contribution in [-0.2, 0) is 4.79 Å². The van der Waals surface area contributed by atoms with Crippen molar-refractivity contribution in [1.29, 1.82) is 0 Å². The normalized spacial score (nSPS) is 11.1. The summed E-state index contributed by atoms with van der Waals surface area (Å²) in [5, 5.41) is 12.6. The number of nitrogens with one attached hydrogen (secondary N) is 1. The first-order valence-corrected chi connectivity index (χ1v) is 11.3. The van der Waals surface area contributed by atoms with Crippen LogP contribution in [0.2, 0.25) is 0 Å². The summed E-state index contributed by atoms with van der Waals surface area (Å²) >= 11 is 4.43. The Morgan fingerprint density at radius 2 is 1.82 bits per heavy atom. The van der Waals surface area contributed by atoms with E-state index in [0.29, 0.717) is 5.13 Å². The molecule has 0 radical (unpaired) electrons. The number of carbonyl (C=O) groups is 1. The summed E-state index contributed by atoms with van der Waals surface area (Å²) < 4.78 is 2.02. The molecule has 0 unspecified atom stereocenters. The number of amides is 1. The van der Waals surface area contributed by atoms with Gasteiger partial charge in [0.05, 0.1) is 16.0 Å². The van der Waals surface area contributed by atoms with Gasteiger partial charge in [-0.05, 0) is 44.0 Å². The Balaban J connectivity index is 1.41. The number of para-hydroxylation sites is 1.